The molecule has 2 amide bonds. The van der Waals surface area contributed by atoms with Crippen LogP contribution in [0.1, 0.15) is 71.8 Å². The third kappa shape index (κ3) is 6.05. The van der Waals surface area contributed by atoms with Crippen LogP contribution in [0.15, 0.2) is 12.3 Å². The third-order valence-electron chi connectivity index (χ3n) is 6.81. The lowest BCUT2D eigenvalue weighted by molar-refractivity contribution is -0.126. The highest BCUT2D eigenvalue weighted by Gasteiger charge is 2.30. The number of pyridine rings is 1. The number of rotatable bonds is 8. The van der Waals surface area contributed by atoms with Gasteiger partial charge in [0.2, 0.25) is 23.6 Å². The number of ether oxygens (including phenoxy) is 1. The molecule has 2 aliphatic rings. The van der Waals surface area contributed by atoms with Crippen molar-refractivity contribution in [3.63, 3.8) is 0 Å². The summed E-state index contributed by atoms with van der Waals surface area (Å²) in [6, 6.07) is 2.23. The van der Waals surface area contributed by atoms with E-state index in [1.54, 1.807) is 6.20 Å². The Morgan fingerprint density at radius 1 is 1.15 bits per heavy atom. The number of hydrogen-bond acceptors (Lipinski definition) is 6. The summed E-state index contributed by atoms with van der Waals surface area (Å²) in [5, 5.41) is 5.92. The molecule has 0 atom stereocenters. The van der Waals surface area contributed by atoms with Gasteiger partial charge in [-0.2, -0.15) is 0 Å². The van der Waals surface area contributed by atoms with E-state index < -0.39 is 0 Å². The van der Waals surface area contributed by atoms with Crippen LogP contribution in [0.4, 0.5) is 5.95 Å². The molecule has 0 spiro atoms. The van der Waals surface area contributed by atoms with Crippen molar-refractivity contribution in [2.24, 2.45) is 5.92 Å². The fourth-order valence-corrected chi connectivity index (χ4v) is 5.14. The molecule has 0 unspecified atom stereocenters. The van der Waals surface area contributed by atoms with Gasteiger partial charge in [-0.3, -0.25) is 19.8 Å². The van der Waals surface area contributed by atoms with Gasteiger partial charge in [0.1, 0.15) is 12.1 Å². The second-order valence-corrected chi connectivity index (χ2v) is 9.92. The van der Waals surface area contributed by atoms with E-state index in [0.717, 1.165) is 56.4 Å². The van der Waals surface area contributed by atoms with E-state index in [1.165, 1.54) is 26.2 Å². The first-order valence-electron chi connectivity index (χ1n) is 12.7. The predicted molar refractivity (Wildman–Crippen MR) is 132 cm³/mol. The molecule has 0 aromatic carbocycles. The van der Waals surface area contributed by atoms with E-state index in [2.05, 4.69) is 30.1 Å². The SMILES string of the molecule is CC(=O)Nc1nc2cnc(OCCN3CCCCC3)cc2n1C1CCC(C(=O)NC(C)C)CC1. The molecular weight excluding hydrogens is 432 g/mol. The molecule has 9 nitrogen and oxygen atoms in total. The number of piperidine rings is 1. The molecule has 2 aromatic rings. The van der Waals surface area contributed by atoms with Crippen LogP contribution >= 0.6 is 0 Å². The summed E-state index contributed by atoms with van der Waals surface area (Å²) in [6.45, 7) is 9.24. The number of anilines is 1. The summed E-state index contributed by atoms with van der Waals surface area (Å²) in [5.41, 5.74) is 1.63. The Morgan fingerprint density at radius 3 is 2.56 bits per heavy atom. The van der Waals surface area contributed by atoms with E-state index in [9.17, 15) is 9.59 Å². The molecule has 1 saturated carbocycles. The maximum atomic E-state index is 12.5. The van der Waals surface area contributed by atoms with E-state index in [4.69, 9.17) is 4.74 Å². The summed E-state index contributed by atoms with van der Waals surface area (Å²) in [6.07, 6.45) is 8.88. The summed E-state index contributed by atoms with van der Waals surface area (Å²) in [7, 11) is 0. The normalized spacial score (nSPS) is 21.5. The van der Waals surface area contributed by atoms with Crippen LogP contribution in [-0.4, -0.2) is 63.5 Å². The van der Waals surface area contributed by atoms with Crippen LogP contribution in [0.25, 0.3) is 11.0 Å². The Morgan fingerprint density at radius 2 is 1.88 bits per heavy atom. The average molecular weight is 471 g/mol. The Hall–Kier alpha value is -2.68. The van der Waals surface area contributed by atoms with Crippen LogP contribution in [0.3, 0.4) is 0 Å². The third-order valence-corrected chi connectivity index (χ3v) is 6.81. The van der Waals surface area contributed by atoms with E-state index >= 15 is 0 Å². The van der Waals surface area contributed by atoms with E-state index in [1.807, 2.05) is 19.9 Å². The van der Waals surface area contributed by atoms with Gasteiger partial charge in [-0.1, -0.05) is 6.42 Å². The Bertz CT molecular complexity index is 990. The maximum absolute atomic E-state index is 12.5. The minimum Gasteiger partial charge on any atom is -0.476 e. The van der Waals surface area contributed by atoms with Gasteiger partial charge in [-0.15, -0.1) is 0 Å². The van der Waals surface area contributed by atoms with Crippen LogP contribution in [0, 0.1) is 5.92 Å². The van der Waals surface area contributed by atoms with Crippen molar-refractivity contribution in [3.05, 3.63) is 12.3 Å². The molecule has 186 valence electrons. The van der Waals surface area contributed by atoms with Gasteiger partial charge in [0.15, 0.2) is 0 Å². The fraction of sp³-hybridized carbons (Fsp3) is 0.680. The van der Waals surface area contributed by atoms with Gasteiger partial charge in [-0.25, -0.2) is 9.97 Å². The van der Waals surface area contributed by atoms with Gasteiger partial charge in [-0.05, 0) is 65.5 Å². The maximum Gasteiger partial charge on any atom is 0.223 e. The van der Waals surface area contributed by atoms with Crippen LogP contribution < -0.4 is 15.4 Å². The average Bonchev–Trinajstić information content (AvgIpc) is 3.16. The van der Waals surface area contributed by atoms with Crippen LogP contribution in [-0.2, 0) is 9.59 Å². The van der Waals surface area contributed by atoms with Gasteiger partial charge in [0, 0.05) is 37.5 Å². The molecule has 4 rings (SSSR count). The van der Waals surface area contributed by atoms with Crippen molar-refractivity contribution >= 4 is 28.8 Å². The number of amides is 2. The molecule has 1 aliphatic heterocycles. The molecule has 1 saturated heterocycles. The molecule has 3 heterocycles. The molecule has 2 N–H and O–H groups in total. The first kappa shape index (κ1) is 24.4. The smallest absolute Gasteiger partial charge is 0.223 e. The first-order chi connectivity index (χ1) is 16.4. The van der Waals surface area contributed by atoms with Crippen molar-refractivity contribution < 1.29 is 14.3 Å². The molecular formula is C25H38N6O3. The second-order valence-electron chi connectivity index (χ2n) is 9.92. The predicted octanol–water partition coefficient (Wildman–Crippen LogP) is 3.51. The van der Waals surface area contributed by atoms with Crippen molar-refractivity contribution in [3.8, 4) is 5.88 Å². The minimum absolute atomic E-state index is 0.0352. The largest absolute Gasteiger partial charge is 0.476 e. The number of aromatic nitrogens is 3. The second kappa shape index (κ2) is 11.2. The molecule has 9 heteroatoms. The number of fused-ring (bicyclic) bond motifs is 1. The number of likely N-dealkylation sites (tertiary alicyclic amines) is 1. The van der Waals surface area contributed by atoms with Crippen molar-refractivity contribution in [2.45, 2.75) is 77.8 Å². The van der Waals surface area contributed by atoms with Gasteiger partial charge in [0.25, 0.3) is 0 Å². The summed E-state index contributed by atoms with van der Waals surface area (Å²) >= 11 is 0. The fourth-order valence-electron chi connectivity index (χ4n) is 5.14. The van der Waals surface area contributed by atoms with Crippen LogP contribution in [0.2, 0.25) is 0 Å². The number of carbonyl (C=O) groups excluding carboxylic acids is 2. The first-order valence-corrected chi connectivity index (χ1v) is 12.7. The van der Waals surface area contributed by atoms with Crippen molar-refractivity contribution in [2.75, 3.05) is 31.6 Å². The number of nitrogens with zero attached hydrogens (tertiary/aromatic N) is 4. The number of nitrogens with one attached hydrogen (secondary N) is 2. The summed E-state index contributed by atoms with van der Waals surface area (Å²) in [5.74, 6) is 1.12. The standard InChI is InChI=1S/C25H38N6O3/c1-17(2)27-24(33)19-7-9-20(10-8-19)31-22-15-23(34-14-13-30-11-5-4-6-12-30)26-16-21(22)29-25(31)28-18(3)32/h15-17,19-20H,4-14H2,1-3H3,(H,27,33)(H,28,29,32). The summed E-state index contributed by atoms with van der Waals surface area (Å²) in [4.78, 5) is 35.9. The highest BCUT2D eigenvalue weighted by atomic mass is 16.5. The Kier molecular flexibility index (Phi) is 8.03. The van der Waals surface area contributed by atoms with E-state index in [-0.39, 0.29) is 29.8 Å². The highest BCUT2D eigenvalue weighted by molar-refractivity contribution is 5.90. The summed E-state index contributed by atoms with van der Waals surface area (Å²) < 4.78 is 8.10. The molecule has 0 bridgehead atoms. The van der Waals surface area contributed by atoms with Gasteiger partial charge >= 0.3 is 0 Å². The zero-order valence-corrected chi connectivity index (χ0v) is 20.7. The Labute approximate surface area is 201 Å². The number of hydrogen-bond donors (Lipinski definition) is 2. The quantitative estimate of drug-likeness (QED) is 0.612. The van der Waals surface area contributed by atoms with E-state index in [0.29, 0.717) is 18.4 Å². The minimum atomic E-state index is -0.160. The lowest BCUT2D eigenvalue weighted by Gasteiger charge is -2.30. The number of carbonyl (C=O) groups is 2. The zero-order chi connectivity index (χ0) is 24.1. The van der Waals surface area contributed by atoms with Gasteiger partial charge in [0.05, 0.1) is 11.7 Å². The molecule has 34 heavy (non-hydrogen) atoms. The molecule has 0 radical (unpaired) electrons. The topological polar surface area (TPSA) is 101 Å². The lowest BCUT2D eigenvalue weighted by atomic mass is 9.85. The van der Waals surface area contributed by atoms with Crippen molar-refractivity contribution in [1.29, 1.82) is 0 Å². The van der Waals surface area contributed by atoms with Crippen molar-refractivity contribution in [1.82, 2.24) is 24.8 Å². The highest BCUT2D eigenvalue weighted by Crippen LogP contribution is 2.37. The zero-order valence-electron chi connectivity index (χ0n) is 20.7. The molecule has 2 aromatic heterocycles. The Balaban J connectivity index is 1.49. The van der Waals surface area contributed by atoms with Crippen LogP contribution in [0.5, 0.6) is 5.88 Å². The molecule has 1 aliphatic carbocycles. The van der Waals surface area contributed by atoms with Gasteiger partial charge < -0.3 is 14.6 Å². The monoisotopic (exact) mass is 470 g/mol. The lowest BCUT2D eigenvalue weighted by Crippen LogP contribution is -2.37. The number of imidazole rings is 1. The molecule has 2 fully saturated rings.